The normalized spacial score (nSPS) is 14.2. The van der Waals surface area contributed by atoms with Gasteiger partial charge in [-0.1, -0.05) is 84.5 Å². The van der Waals surface area contributed by atoms with Crippen molar-refractivity contribution >= 4 is 40.5 Å². The predicted octanol–water partition coefficient (Wildman–Crippen LogP) is 7.22. The van der Waals surface area contributed by atoms with Gasteiger partial charge in [-0.25, -0.2) is 4.79 Å². The summed E-state index contributed by atoms with van der Waals surface area (Å²) >= 11 is 12.0. The van der Waals surface area contributed by atoms with Crippen LogP contribution in [0.4, 0.5) is 10.5 Å². The maximum absolute atomic E-state index is 10.1. The van der Waals surface area contributed by atoms with E-state index in [1.807, 2.05) is 30.3 Å². The molecule has 2 N–H and O–H groups in total. The highest BCUT2D eigenvalue weighted by Crippen LogP contribution is 2.41. The van der Waals surface area contributed by atoms with Gasteiger partial charge in [-0.3, -0.25) is 0 Å². The summed E-state index contributed by atoms with van der Waals surface area (Å²) < 4.78 is 11.0. The van der Waals surface area contributed by atoms with Crippen molar-refractivity contribution in [2.75, 3.05) is 32.2 Å². The van der Waals surface area contributed by atoms with Gasteiger partial charge in [0.05, 0.1) is 19.2 Å². The van der Waals surface area contributed by atoms with Crippen molar-refractivity contribution in [2.24, 2.45) is 0 Å². The third-order valence-corrected chi connectivity index (χ3v) is 7.85. The van der Waals surface area contributed by atoms with E-state index in [4.69, 9.17) is 38.4 Å². The Morgan fingerprint density at radius 3 is 2.44 bits per heavy atom. The van der Waals surface area contributed by atoms with Gasteiger partial charge < -0.3 is 24.8 Å². The number of amides is 1. The van der Waals surface area contributed by atoms with E-state index in [1.165, 1.54) is 28.0 Å². The first-order valence-electron chi connectivity index (χ1n) is 13.5. The fourth-order valence-corrected chi connectivity index (χ4v) is 5.59. The summed E-state index contributed by atoms with van der Waals surface area (Å²) in [4.78, 5) is 13.5. The lowest BCUT2D eigenvalue weighted by Gasteiger charge is -2.26. The molecule has 1 aliphatic carbocycles. The Labute approximate surface area is 252 Å². The number of nitrogens with one attached hydrogen (secondary N) is 1. The molecule has 1 heterocycles. The molecule has 8 heteroatoms. The zero-order valence-corrected chi connectivity index (χ0v) is 24.9. The number of allylic oxidation sites excluding steroid dienone is 4. The van der Waals surface area contributed by atoms with E-state index in [0.717, 1.165) is 49.2 Å². The molecule has 0 unspecified atom stereocenters. The maximum atomic E-state index is 10.1. The number of carbonyl (C=O) groups is 1. The van der Waals surface area contributed by atoms with Crippen molar-refractivity contribution in [3.8, 4) is 11.5 Å². The number of methoxy groups -OCH3 is 2. The second kappa shape index (κ2) is 14.7. The first-order chi connectivity index (χ1) is 19.9. The number of thiocarbonyl (C=S) groups is 1. The van der Waals surface area contributed by atoms with E-state index in [-0.39, 0.29) is 0 Å². The molecule has 3 aromatic rings. The van der Waals surface area contributed by atoms with Crippen LogP contribution in [0.5, 0.6) is 11.5 Å². The second-order valence-corrected chi connectivity index (χ2v) is 10.7. The maximum Gasteiger partial charge on any atom is 0.404 e. The van der Waals surface area contributed by atoms with Crippen LogP contribution < -0.4 is 19.7 Å². The molecule has 0 atom stereocenters. The molecule has 41 heavy (non-hydrogen) atoms. The van der Waals surface area contributed by atoms with Crippen molar-refractivity contribution in [2.45, 2.75) is 32.2 Å². The van der Waals surface area contributed by atoms with Crippen LogP contribution in [0.1, 0.15) is 28.7 Å². The highest BCUT2D eigenvalue weighted by Gasteiger charge is 2.23. The summed E-state index contributed by atoms with van der Waals surface area (Å²) in [6.45, 7) is 2.23. The average molecular weight is 591 g/mol. The number of fused-ring (bicyclic) bond motifs is 1. The SMILES string of the molecule is COc1cc2c(c(Cl)c1OC)CCN(c1ccccc1CC1=CCC(=S)C=C1)CC2.O=C(O)NCc1ccccc1. The summed E-state index contributed by atoms with van der Waals surface area (Å²) in [5.74, 6) is 1.32. The molecule has 0 aromatic heterocycles. The monoisotopic (exact) mass is 590 g/mol. The molecule has 3 aromatic carbocycles. The molecule has 2 aliphatic rings. The number of halogens is 1. The van der Waals surface area contributed by atoms with Crippen LogP contribution in [0.3, 0.4) is 0 Å². The van der Waals surface area contributed by atoms with Gasteiger partial charge in [0, 0.05) is 36.6 Å². The fraction of sp³-hybridized carbons (Fsp3) is 0.273. The molecule has 0 fully saturated rings. The minimum absolute atomic E-state index is 0.371. The van der Waals surface area contributed by atoms with E-state index in [2.05, 4.69) is 58.8 Å². The van der Waals surface area contributed by atoms with Crippen LogP contribution >= 0.6 is 23.8 Å². The number of hydrogen-bond acceptors (Lipinski definition) is 5. The fourth-order valence-electron chi connectivity index (χ4n) is 5.05. The van der Waals surface area contributed by atoms with E-state index < -0.39 is 6.09 Å². The molecular formula is C33H35ClN2O4S. The van der Waals surface area contributed by atoms with Gasteiger partial charge in [-0.2, -0.15) is 0 Å². The first kappa shape index (κ1) is 30.2. The van der Waals surface area contributed by atoms with Crippen LogP contribution in [0.2, 0.25) is 5.02 Å². The van der Waals surface area contributed by atoms with Crippen molar-refractivity contribution in [1.82, 2.24) is 5.32 Å². The Kier molecular flexibility index (Phi) is 10.8. The van der Waals surface area contributed by atoms with Crippen LogP contribution in [-0.4, -0.2) is 43.4 Å². The Morgan fingerprint density at radius 1 is 1.02 bits per heavy atom. The number of nitrogens with zero attached hydrogens (tertiary/aromatic N) is 1. The predicted molar refractivity (Wildman–Crippen MR) is 170 cm³/mol. The van der Waals surface area contributed by atoms with Crippen molar-refractivity contribution in [3.63, 3.8) is 0 Å². The second-order valence-electron chi connectivity index (χ2n) is 9.78. The summed E-state index contributed by atoms with van der Waals surface area (Å²) in [6.07, 6.45) is 9.04. The molecule has 1 aliphatic heterocycles. The van der Waals surface area contributed by atoms with Crippen LogP contribution in [-0.2, 0) is 25.8 Å². The molecule has 0 radical (unpaired) electrons. The number of benzene rings is 3. The third kappa shape index (κ3) is 8.12. The Hall–Kier alpha value is -3.81. The van der Waals surface area contributed by atoms with E-state index in [9.17, 15) is 4.79 Å². The average Bonchev–Trinajstić information content (AvgIpc) is 3.21. The zero-order chi connectivity index (χ0) is 29.2. The van der Waals surface area contributed by atoms with E-state index >= 15 is 0 Å². The topological polar surface area (TPSA) is 71.0 Å². The van der Waals surface area contributed by atoms with Gasteiger partial charge in [0.2, 0.25) is 0 Å². The van der Waals surface area contributed by atoms with Crippen LogP contribution in [0, 0.1) is 0 Å². The quantitative estimate of drug-likeness (QED) is 0.283. The van der Waals surface area contributed by atoms with E-state index in [0.29, 0.717) is 23.1 Å². The Balaban J connectivity index is 0.000000296. The lowest BCUT2D eigenvalue weighted by atomic mass is 9.98. The van der Waals surface area contributed by atoms with Crippen molar-refractivity contribution < 1.29 is 19.4 Å². The lowest BCUT2D eigenvalue weighted by Crippen LogP contribution is -2.27. The lowest BCUT2D eigenvalue weighted by molar-refractivity contribution is 0.194. The van der Waals surface area contributed by atoms with Gasteiger partial charge in [0.15, 0.2) is 11.5 Å². The number of carboxylic acid groups (broad SMARTS) is 1. The summed E-state index contributed by atoms with van der Waals surface area (Å²) in [5, 5.41) is 11.2. The standard InChI is InChI=1S/C25H26ClNO2S.C8H9NO2/c1-28-23-16-18-11-13-27(14-12-21(18)24(26)25(23)29-2)22-6-4-3-5-19(22)15-17-7-9-20(30)10-8-17;10-8(11)9-6-7-4-2-1-3-5-7/h3-9,16H,10-15H2,1-2H3;1-5,9H,6H2,(H,10,11). The first-order valence-corrected chi connectivity index (χ1v) is 14.3. The van der Waals surface area contributed by atoms with Crippen LogP contribution in [0.15, 0.2) is 84.5 Å². The van der Waals surface area contributed by atoms with Crippen molar-refractivity contribution in [3.05, 3.63) is 112 Å². The molecule has 0 saturated heterocycles. The molecule has 0 spiro atoms. The third-order valence-electron chi connectivity index (χ3n) is 7.15. The number of hydrogen-bond donors (Lipinski definition) is 2. The van der Waals surface area contributed by atoms with Gasteiger partial charge in [0.1, 0.15) is 0 Å². The smallest absolute Gasteiger partial charge is 0.404 e. The minimum Gasteiger partial charge on any atom is -0.493 e. The molecule has 1 amide bonds. The highest BCUT2D eigenvalue weighted by atomic mass is 35.5. The Bertz CT molecular complexity index is 1440. The summed E-state index contributed by atoms with van der Waals surface area (Å²) in [5.41, 5.74) is 7.34. The van der Waals surface area contributed by atoms with E-state index in [1.54, 1.807) is 14.2 Å². The number of para-hydroxylation sites is 1. The van der Waals surface area contributed by atoms with Crippen molar-refractivity contribution in [1.29, 1.82) is 0 Å². The molecule has 5 rings (SSSR count). The zero-order valence-electron chi connectivity index (χ0n) is 23.4. The summed E-state index contributed by atoms with van der Waals surface area (Å²) in [6, 6.07) is 20.2. The van der Waals surface area contributed by atoms with Crippen LogP contribution in [0.25, 0.3) is 0 Å². The van der Waals surface area contributed by atoms with Gasteiger partial charge >= 0.3 is 6.09 Å². The van der Waals surface area contributed by atoms with Gasteiger partial charge in [0.25, 0.3) is 0 Å². The molecular weight excluding hydrogens is 556 g/mol. The molecule has 214 valence electrons. The largest absolute Gasteiger partial charge is 0.493 e. The number of ether oxygens (including phenoxy) is 2. The number of anilines is 1. The van der Waals surface area contributed by atoms with Gasteiger partial charge in [-0.15, -0.1) is 0 Å². The summed E-state index contributed by atoms with van der Waals surface area (Å²) in [7, 11) is 3.29. The van der Waals surface area contributed by atoms with Gasteiger partial charge in [-0.05, 0) is 65.3 Å². The minimum atomic E-state index is -0.992. The molecule has 6 nitrogen and oxygen atoms in total. The number of rotatable bonds is 7. The molecule has 0 saturated carbocycles. The Morgan fingerprint density at radius 2 is 1.76 bits per heavy atom. The molecule has 0 bridgehead atoms. The highest BCUT2D eigenvalue weighted by molar-refractivity contribution is 7.80.